The Balaban J connectivity index is 2.54. The molecule has 16 heavy (non-hydrogen) atoms. The molecule has 0 aliphatic rings. The number of nitrogens with zero attached hydrogens (tertiary/aromatic N) is 3. The van der Waals surface area contributed by atoms with Gasteiger partial charge in [-0.3, -0.25) is 4.98 Å². The molecule has 3 nitrogen and oxygen atoms in total. The summed E-state index contributed by atoms with van der Waals surface area (Å²) in [7, 11) is 0. The van der Waals surface area contributed by atoms with Gasteiger partial charge in [0.2, 0.25) is 0 Å². The zero-order valence-electron chi connectivity index (χ0n) is 8.61. The van der Waals surface area contributed by atoms with Crippen molar-refractivity contribution in [3.8, 4) is 17.3 Å². The van der Waals surface area contributed by atoms with Gasteiger partial charge in [-0.25, -0.2) is 9.37 Å². The summed E-state index contributed by atoms with van der Waals surface area (Å²) >= 11 is 0. The van der Waals surface area contributed by atoms with E-state index in [1.165, 1.54) is 12.3 Å². The first-order valence-corrected chi connectivity index (χ1v) is 4.69. The van der Waals surface area contributed by atoms with Gasteiger partial charge in [0.25, 0.3) is 0 Å². The average Bonchev–Trinajstić information content (AvgIpc) is 2.29. The smallest absolute Gasteiger partial charge is 0.144 e. The fourth-order valence-electron chi connectivity index (χ4n) is 1.35. The summed E-state index contributed by atoms with van der Waals surface area (Å²) in [5, 5.41) is 8.84. The molecule has 0 saturated heterocycles. The van der Waals surface area contributed by atoms with Crippen molar-refractivity contribution in [2.24, 2.45) is 0 Å². The first-order chi connectivity index (χ1) is 7.70. The second-order valence-electron chi connectivity index (χ2n) is 3.37. The van der Waals surface area contributed by atoms with Crippen LogP contribution in [0.25, 0.3) is 11.3 Å². The molecule has 0 aliphatic heterocycles. The lowest BCUT2D eigenvalue weighted by Crippen LogP contribution is -1.92. The molecular weight excluding hydrogens is 205 g/mol. The predicted molar refractivity (Wildman–Crippen MR) is 56.9 cm³/mol. The maximum atomic E-state index is 13.0. The van der Waals surface area contributed by atoms with E-state index in [9.17, 15) is 4.39 Å². The molecule has 2 rings (SSSR count). The fraction of sp³-hybridized carbons (Fsp3) is 0.0833. The topological polar surface area (TPSA) is 49.6 Å². The number of rotatable bonds is 1. The Labute approximate surface area is 92.2 Å². The average molecular weight is 213 g/mol. The minimum atomic E-state index is -0.418. The van der Waals surface area contributed by atoms with Gasteiger partial charge in [-0.1, -0.05) is 6.07 Å². The van der Waals surface area contributed by atoms with Crippen LogP contribution in [0.3, 0.4) is 0 Å². The molecule has 0 atom stereocenters. The van der Waals surface area contributed by atoms with Crippen LogP contribution in [-0.4, -0.2) is 9.97 Å². The molecule has 0 saturated carbocycles. The monoisotopic (exact) mass is 213 g/mol. The molecule has 0 fully saturated rings. The number of hydrogen-bond donors (Lipinski definition) is 0. The Morgan fingerprint density at radius 1 is 1.31 bits per heavy atom. The number of pyridine rings is 2. The van der Waals surface area contributed by atoms with Crippen molar-refractivity contribution < 1.29 is 4.39 Å². The molecule has 0 N–H and O–H groups in total. The quantitative estimate of drug-likeness (QED) is 0.731. The third kappa shape index (κ3) is 1.89. The van der Waals surface area contributed by atoms with Crippen LogP contribution in [0.5, 0.6) is 0 Å². The van der Waals surface area contributed by atoms with Gasteiger partial charge >= 0.3 is 0 Å². The Morgan fingerprint density at radius 2 is 2.12 bits per heavy atom. The van der Waals surface area contributed by atoms with Gasteiger partial charge < -0.3 is 0 Å². The van der Waals surface area contributed by atoms with Crippen LogP contribution in [0.4, 0.5) is 4.39 Å². The molecule has 78 valence electrons. The molecule has 0 bridgehead atoms. The van der Waals surface area contributed by atoms with Gasteiger partial charge in [-0.05, 0) is 24.6 Å². The molecule has 0 spiro atoms. The van der Waals surface area contributed by atoms with E-state index in [-0.39, 0.29) is 0 Å². The molecular formula is C12H8FN3. The lowest BCUT2D eigenvalue weighted by molar-refractivity contribution is 0.622. The van der Waals surface area contributed by atoms with Crippen molar-refractivity contribution in [2.75, 3.05) is 0 Å². The van der Waals surface area contributed by atoms with Gasteiger partial charge in [0.1, 0.15) is 17.6 Å². The third-order valence-corrected chi connectivity index (χ3v) is 2.20. The molecule has 2 heterocycles. The number of aromatic nitrogens is 2. The minimum absolute atomic E-state index is 0.349. The number of hydrogen-bond acceptors (Lipinski definition) is 3. The van der Waals surface area contributed by atoms with Crippen LogP contribution < -0.4 is 0 Å². The second-order valence-corrected chi connectivity index (χ2v) is 3.37. The Kier molecular flexibility index (Phi) is 2.61. The molecule has 4 heteroatoms. The summed E-state index contributed by atoms with van der Waals surface area (Å²) in [6, 6.07) is 6.86. The van der Waals surface area contributed by atoms with Gasteiger partial charge in [0.15, 0.2) is 0 Å². The van der Waals surface area contributed by atoms with Crippen LogP contribution in [0.2, 0.25) is 0 Å². The van der Waals surface area contributed by atoms with E-state index < -0.39 is 5.82 Å². The zero-order valence-corrected chi connectivity index (χ0v) is 8.61. The first kappa shape index (κ1) is 10.2. The molecule has 2 aromatic heterocycles. The number of aryl methyl sites for hydroxylation is 1. The lowest BCUT2D eigenvalue weighted by Gasteiger charge is -2.02. The highest BCUT2D eigenvalue weighted by molar-refractivity contribution is 5.59. The van der Waals surface area contributed by atoms with Crippen molar-refractivity contribution in [1.29, 1.82) is 5.26 Å². The largest absolute Gasteiger partial charge is 0.261 e. The van der Waals surface area contributed by atoms with Crippen molar-refractivity contribution in [3.05, 3.63) is 47.7 Å². The summed E-state index contributed by atoms with van der Waals surface area (Å²) in [5.41, 5.74) is 2.27. The normalized spacial score (nSPS) is 9.81. The van der Waals surface area contributed by atoms with E-state index in [4.69, 9.17) is 5.26 Å². The van der Waals surface area contributed by atoms with Gasteiger partial charge in [-0.15, -0.1) is 0 Å². The predicted octanol–water partition coefficient (Wildman–Crippen LogP) is 2.46. The van der Waals surface area contributed by atoms with E-state index in [0.29, 0.717) is 17.0 Å². The molecule has 0 unspecified atom stereocenters. The third-order valence-electron chi connectivity index (χ3n) is 2.20. The van der Waals surface area contributed by atoms with E-state index in [1.54, 1.807) is 19.1 Å². The van der Waals surface area contributed by atoms with E-state index in [2.05, 4.69) is 9.97 Å². The van der Waals surface area contributed by atoms with Crippen molar-refractivity contribution in [3.63, 3.8) is 0 Å². The van der Waals surface area contributed by atoms with Crippen LogP contribution in [-0.2, 0) is 0 Å². The Hall–Kier alpha value is -2.28. The van der Waals surface area contributed by atoms with E-state index in [0.717, 1.165) is 11.8 Å². The van der Waals surface area contributed by atoms with E-state index in [1.807, 2.05) is 6.07 Å². The summed E-state index contributed by atoms with van der Waals surface area (Å²) in [6.07, 6.45) is 2.64. The zero-order chi connectivity index (χ0) is 11.5. The molecule has 0 aliphatic carbocycles. The highest BCUT2D eigenvalue weighted by atomic mass is 19.1. The minimum Gasteiger partial charge on any atom is -0.261 e. The highest BCUT2D eigenvalue weighted by Crippen LogP contribution is 2.18. The molecule has 0 amide bonds. The SMILES string of the molecule is Cc1ccc(-c2cncc(F)c2)nc1C#N. The molecule has 0 aromatic carbocycles. The fourth-order valence-corrected chi connectivity index (χ4v) is 1.35. The van der Waals surface area contributed by atoms with Crippen molar-refractivity contribution in [2.45, 2.75) is 6.92 Å². The standard InChI is InChI=1S/C12H8FN3/c1-8-2-3-11(16-12(8)5-14)9-4-10(13)7-15-6-9/h2-4,6-7H,1H3. The van der Waals surface area contributed by atoms with Crippen molar-refractivity contribution in [1.82, 2.24) is 9.97 Å². The summed E-state index contributed by atoms with van der Waals surface area (Å²) in [5.74, 6) is -0.418. The molecule has 0 radical (unpaired) electrons. The van der Waals surface area contributed by atoms with Crippen LogP contribution in [0, 0.1) is 24.1 Å². The summed E-state index contributed by atoms with van der Waals surface area (Å²) in [6.45, 7) is 1.80. The maximum absolute atomic E-state index is 13.0. The Morgan fingerprint density at radius 3 is 2.81 bits per heavy atom. The highest BCUT2D eigenvalue weighted by Gasteiger charge is 2.05. The lowest BCUT2D eigenvalue weighted by atomic mass is 10.1. The summed E-state index contributed by atoms with van der Waals surface area (Å²) < 4.78 is 13.0. The number of halogens is 1. The van der Waals surface area contributed by atoms with Gasteiger partial charge in [-0.2, -0.15) is 5.26 Å². The Bertz CT molecular complexity index is 573. The number of nitriles is 1. The van der Waals surface area contributed by atoms with Crippen molar-refractivity contribution >= 4 is 0 Å². The first-order valence-electron chi connectivity index (χ1n) is 4.69. The summed E-state index contributed by atoms with van der Waals surface area (Å²) in [4.78, 5) is 7.87. The van der Waals surface area contributed by atoms with Crippen LogP contribution in [0.1, 0.15) is 11.3 Å². The van der Waals surface area contributed by atoms with Gasteiger partial charge in [0, 0.05) is 11.8 Å². The van der Waals surface area contributed by atoms with E-state index >= 15 is 0 Å². The van der Waals surface area contributed by atoms with Crippen LogP contribution >= 0.6 is 0 Å². The molecule has 2 aromatic rings. The second kappa shape index (κ2) is 4.07. The maximum Gasteiger partial charge on any atom is 0.144 e. The van der Waals surface area contributed by atoms with Crippen LogP contribution in [0.15, 0.2) is 30.6 Å². The van der Waals surface area contributed by atoms with Gasteiger partial charge in [0.05, 0.1) is 11.9 Å².